The molecule has 0 amide bonds. The van der Waals surface area contributed by atoms with Gasteiger partial charge in [-0.25, -0.2) is 13.1 Å². The molecule has 2 rings (SSSR count). The molecular weight excluding hydrogens is 276 g/mol. The lowest BCUT2D eigenvalue weighted by Gasteiger charge is -2.32. The lowest BCUT2D eigenvalue weighted by molar-refractivity contribution is 0.187. The van der Waals surface area contributed by atoms with Crippen molar-refractivity contribution in [2.45, 2.75) is 36.8 Å². The lowest BCUT2D eigenvalue weighted by Crippen LogP contribution is -2.44. The number of rotatable bonds is 5. The molecule has 1 unspecified atom stereocenters. The average Bonchev–Trinajstić information content (AvgIpc) is 2.46. The van der Waals surface area contributed by atoms with E-state index in [0.29, 0.717) is 12.1 Å². The fourth-order valence-corrected chi connectivity index (χ4v) is 3.64. The average molecular weight is 298 g/mol. The van der Waals surface area contributed by atoms with E-state index in [9.17, 15) is 8.42 Å². The van der Waals surface area contributed by atoms with Crippen LogP contribution >= 0.6 is 0 Å². The van der Waals surface area contributed by atoms with Crippen molar-refractivity contribution >= 4 is 10.0 Å². The Labute approximate surface area is 120 Å². The van der Waals surface area contributed by atoms with E-state index in [-0.39, 0.29) is 17.5 Å². The summed E-state index contributed by atoms with van der Waals surface area (Å²) in [4.78, 5) is 2.42. The van der Waals surface area contributed by atoms with Gasteiger partial charge in [0, 0.05) is 12.6 Å². The summed E-state index contributed by atoms with van der Waals surface area (Å²) in [5, 5.41) is 9.07. The maximum atomic E-state index is 12.2. The van der Waals surface area contributed by atoms with Crippen LogP contribution in [0.2, 0.25) is 0 Å². The summed E-state index contributed by atoms with van der Waals surface area (Å²) in [5.74, 6) is 0. The molecular formula is C14H22N2O3S. The number of nitrogens with one attached hydrogen (secondary N) is 1. The van der Waals surface area contributed by atoms with Crippen LogP contribution in [0, 0.1) is 0 Å². The summed E-state index contributed by atoms with van der Waals surface area (Å²) in [7, 11) is -1.47. The minimum atomic E-state index is -3.50. The van der Waals surface area contributed by atoms with Crippen LogP contribution < -0.4 is 4.72 Å². The van der Waals surface area contributed by atoms with Gasteiger partial charge in [0.15, 0.2) is 0 Å². The predicted octanol–water partition coefficient (Wildman–Crippen LogP) is 0.941. The molecule has 1 aliphatic rings. The van der Waals surface area contributed by atoms with Crippen molar-refractivity contribution in [2.24, 2.45) is 0 Å². The van der Waals surface area contributed by atoms with Crippen molar-refractivity contribution < 1.29 is 13.5 Å². The highest BCUT2D eigenvalue weighted by atomic mass is 32.2. The van der Waals surface area contributed by atoms with E-state index in [1.54, 1.807) is 18.2 Å². The quantitative estimate of drug-likeness (QED) is 0.849. The van der Waals surface area contributed by atoms with Gasteiger partial charge in [0.05, 0.1) is 11.5 Å². The van der Waals surface area contributed by atoms with Crippen LogP contribution in [-0.4, -0.2) is 44.6 Å². The van der Waals surface area contributed by atoms with E-state index in [1.165, 1.54) is 12.5 Å². The lowest BCUT2D eigenvalue weighted by atomic mass is 10.0. The number of hydrogen-bond donors (Lipinski definition) is 2. The van der Waals surface area contributed by atoms with Crippen LogP contribution in [0.15, 0.2) is 29.2 Å². The van der Waals surface area contributed by atoms with Crippen molar-refractivity contribution in [2.75, 3.05) is 20.1 Å². The molecule has 20 heavy (non-hydrogen) atoms. The van der Waals surface area contributed by atoms with Gasteiger partial charge < -0.3 is 10.0 Å². The highest BCUT2D eigenvalue weighted by Crippen LogP contribution is 2.16. The molecule has 1 aromatic carbocycles. The van der Waals surface area contributed by atoms with Gasteiger partial charge in [0.25, 0.3) is 0 Å². The summed E-state index contributed by atoms with van der Waals surface area (Å²) < 4.78 is 27.2. The standard InChI is InChI=1S/C14H22N2O3S/c1-16-8-3-2-6-13(16)10-15-20(18,19)14-7-4-5-12(9-14)11-17/h4-5,7,9,13,15,17H,2-3,6,8,10-11H2,1H3. The van der Waals surface area contributed by atoms with Crippen LogP contribution in [0.5, 0.6) is 0 Å². The fraction of sp³-hybridized carbons (Fsp3) is 0.571. The smallest absolute Gasteiger partial charge is 0.240 e. The maximum Gasteiger partial charge on any atom is 0.240 e. The Morgan fingerprint density at radius 2 is 2.20 bits per heavy atom. The number of aliphatic hydroxyl groups excluding tert-OH is 1. The SMILES string of the molecule is CN1CCCCC1CNS(=O)(=O)c1cccc(CO)c1. The highest BCUT2D eigenvalue weighted by Gasteiger charge is 2.22. The number of likely N-dealkylation sites (tertiary alicyclic amines) is 1. The molecule has 6 heteroatoms. The maximum absolute atomic E-state index is 12.2. The summed E-state index contributed by atoms with van der Waals surface area (Å²) in [6, 6.07) is 6.67. The third-order valence-corrected chi connectivity index (χ3v) is 5.24. The molecule has 0 spiro atoms. The molecule has 1 heterocycles. The number of likely N-dealkylation sites (N-methyl/N-ethyl adjacent to an activating group) is 1. The number of piperidine rings is 1. The molecule has 2 N–H and O–H groups in total. The van der Waals surface area contributed by atoms with E-state index in [0.717, 1.165) is 19.4 Å². The molecule has 1 fully saturated rings. The van der Waals surface area contributed by atoms with Crippen LogP contribution in [0.3, 0.4) is 0 Å². The van der Waals surface area contributed by atoms with Gasteiger partial charge in [-0.2, -0.15) is 0 Å². The number of hydrogen-bond acceptors (Lipinski definition) is 4. The van der Waals surface area contributed by atoms with Gasteiger partial charge in [-0.05, 0) is 44.1 Å². The molecule has 5 nitrogen and oxygen atoms in total. The Morgan fingerprint density at radius 1 is 1.40 bits per heavy atom. The van der Waals surface area contributed by atoms with Crippen molar-refractivity contribution in [1.82, 2.24) is 9.62 Å². The molecule has 0 aromatic heterocycles. The van der Waals surface area contributed by atoms with Crippen molar-refractivity contribution in [3.63, 3.8) is 0 Å². The molecule has 0 aliphatic carbocycles. The number of nitrogens with zero attached hydrogens (tertiary/aromatic N) is 1. The molecule has 112 valence electrons. The number of sulfonamides is 1. The monoisotopic (exact) mass is 298 g/mol. The van der Waals surface area contributed by atoms with E-state index in [4.69, 9.17) is 5.11 Å². The Hall–Kier alpha value is -0.950. The van der Waals surface area contributed by atoms with Crippen LogP contribution in [0.4, 0.5) is 0 Å². The van der Waals surface area contributed by atoms with Crippen LogP contribution in [-0.2, 0) is 16.6 Å². The second-order valence-corrected chi connectivity index (χ2v) is 7.05. The summed E-state index contributed by atoms with van der Waals surface area (Å²) >= 11 is 0. The first kappa shape index (κ1) is 15.4. The highest BCUT2D eigenvalue weighted by molar-refractivity contribution is 7.89. The normalized spacial score (nSPS) is 21.0. The van der Waals surface area contributed by atoms with Gasteiger partial charge in [-0.3, -0.25) is 0 Å². The zero-order chi connectivity index (χ0) is 14.6. The van der Waals surface area contributed by atoms with E-state index in [1.807, 2.05) is 7.05 Å². The Balaban J connectivity index is 2.03. The van der Waals surface area contributed by atoms with Crippen molar-refractivity contribution in [1.29, 1.82) is 0 Å². The first-order chi connectivity index (χ1) is 9.53. The first-order valence-corrected chi connectivity index (χ1v) is 8.41. The molecule has 1 aromatic rings. The summed E-state index contributed by atoms with van der Waals surface area (Å²) in [6.07, 6.45) is 3.35. The fourth-order valence-electron chi connectivity index (χ4n) is 2.50. The number of benzene rings is 1. The Morgan fingerprint density at radius 3 is 2.90 bits per heavy atom. The van der Waals surface area contributed by atoms with Gasteiger partial charge >= 0.3 is 0 Å². The molecule has 0 saturated carbocycles. The zero-order valence-corrected chi connectivity index (χ0v) is 12.6. The third kappa shape index (κ3) is 3.79. The molecule has 1 aliphatic heterocycles. The van der Waals surface area contributed by atoms with Crippen LogP contribution in [0.1, 0.15) is 24.8 Å². The Kier molecular flexibility index (Phi) is 5.15. The van der Waals surface area contributed by atoms with E-state index < -0.39 is 10.0 Å². The molecule has 0 radical (unpaired) electrons. The van der Waals surface area contributed by atoms with Gasteiger partial charge in [-0.15, -0.1) is 0 Å². The molecule has 0 bridgehead atoms. The topological polar surface area (TPSA) is 69.6 Å². The largest absolute Gasteiger partial charge is 0.392 e. The van der Waals surface area contributed by atoms with Gasteiger partial charge in [0.2, 0.25) is 10.0 Å². The van der Waals surface area contributed by atoms with Gasteiger partial charge in [-0.1, -0.05) is 18.6 Å². The van der Waals surface area contributed by atoms with Crippen molar-refractivity contribution in [3.05, 3.63) is 29.8 Å². The van der Waals surface area contributed by atoms with Crippen molar-refractivity contribution in [3.8, 4) is 0 Å². The molecule has 1 saturated heterocycles. The first-order valence-electron chi connectivity index (χ1n) is 6.92. The van der Waals surface area contributed by atoms with Gasteiger partial charge in [0.1, 0.15) is 0 Å². The van der Waals surface area contributed by atoms with Crippen LogP contribution in [0.25, 0.3) is 0 Å². The second-order valence-electron chi connectivity index (χ2n) is 5.29. The summed E-state index contributed by atoms with van der Waals surface area (Å²) in [5.41, 5.74) is 0.600. The molecule has 1 atom stereocenters. The number of aliphatic hydroxyl groups is 1. The Bertz CT molecular complexity index is 545. The van der Waals surface area contributed by atoms with E-state index >= 15 is 0 Å². The van der Waals surface area contributed by atoms with E-state index in [2.05, 4.69) is 9.62 Å². The summed E-state index contributed by atoms with van der Waals surface area (Å²) in [6.45, 7) is 1.29. The minimum absolute atomic E-state index is 0.158. The zero-order valence-electron chi connectivity index (χ0n) is 11.7. The minimum Gasteiger partial charge on any atom is -0.392 e. The predicted molar refractivity (Wildman–Crippen MR) is 77.8 cm³/mol. The second kappa shape index (κ2) is 6.67. The third-order valence-electron chi connectivity index (χ3n) is 3.82.